The summed E-state index contributed by atoms with van der Waals surface area (Å²) in [5, 5.41) is 10.3. The molecule has 1 aromatic heterocycles. The molecule has 2 heterocycles. The molecule has 2 rings (SSSR count). The van der Waals surface area contributed by atoms with Gasteiger partial charge in [0.15, 0.2) is 0 Å². The lowest BCUT2D eigenvalue weighted by molar-refractivity contribution is 0.372. The van der Waals surface area contributed by atoms with E-state index in [0.717, 1.165) is 29.5 Å². The van der Waals surface area contributed by atoms with E-state index in [-0.39, 0.29) is 0 Å². The summed E-state index contributed by atoms with van der Waals surface area (Å²) >= 11 is 1.68. The molecular weight excluding hydrogens is 182 g/mol. The van der Waals surface area contributed by atoms with Crippen LogP contribution in [0.1, 0.15) is 16.4 Å². The molecule has 4 heteroatoms. The molecule has 1 aromatic rings. The molecule has 0 radical (unpaired) electrons. The van der Waals surface area contributed by atoms with E-state index < -0.39 is 0 Å². The normalized spacial score (nSPS) is 18.8. The van der Waals surface area contributed by atoms with Gasteiger partial charge in [-0.25, -0.2) is 0 Å². The van der Waals surface area contributed by atoms with Crippen molar-refractivity contribution in [2.75, 3.05) is 20.1 Å². The highest BCUT2D eigenvalue weighted by Gasteiger charge is 2.13. The maximum Gasteiger partial charge on any atom is 0.144 e. The highest BCUT2D eigenvalue weighted by Crippen LogP contribution is 2.22. The maximum atomic E-state index is 4.15. The Bertz CT molecular complexity index is 329. The second-order valence-electron chi connectivity index (χ2n) is 3.38. The maximum absolute atomic E-state index is 4.15. The van der Waals surface area contributed by atoms with Crippen LogP contribution < -0.4 is 0 Å². The largest absolute Gasteiger partial charge is 0.302 e. The Kier molecular flexibility index (Phi) is 2.42. The van der Waals surface area contributed by atoms with E-state index in [2.05, 4.69) is 28.2 Å². The molecule has 0 saturated heterocycles. The van der Waals surface area contributed by atoms with Crippen LogP contribution in [0.2, 0.25) is 0 Å². The van der Waals surface area contributed by atoms with Gasteiger partial charge in [0.25, 0.3) is 0 Å². The van der Waals surface area contributed by atoms with Gasteiger partial charge in [-0.05, 0) is 20.4 Å². The monoisotopic (exact) mass is 195 g/mol. The smallest absolute Gasteiger partial charge is 0.144 e. The molecular formula is C9H13N3S. The van der Waals surface area contributed by atoms with Crippen molar-refractivity contribution in [3.05, 3.63) is 16.1 Å². The molecule has 0 bridgehead atoms. The fourth-order valence-electron chi connectivity index (χ4n) is 1.47. The summed E-state index contributed by atoms with van der Waals surface area (Å²) in [5.74, 6) is 0. The Morgan fingerprint density at radius 3 is 2.92 bits per heavy atom. The van der Waals surface area contributed by atoms with Gasteiger partial charge in [0.2, 0.25) is 0 Å². The lowest BCUT2D eigenvalue weighted by Gasteiger charge is -2.21. The summed E-state index contributed by atoms with van der Waals surface area (Å²) in [6.45, 7) is 4.16. The zero-order valence-corrected chi connectivity index (χ0v) is 8.77. The van der Waals surface area contributed by atoms with E-state index in [1.807, 2.05) is 6.92 Å². The van der Waals surface area contributed by atoms with Crippen LogP contribution >= 0.6 is 11.3 Å². The molecule has 1 aliphatic heterocycles. The van der Waals surface area contributed by atoms with Crippen LogP contribution in [0.5, 0.6) is 0 Å². The van der Waals surface area contributed by atoms with Crippen molar-refractivity contribution >= 4 is 16.9 Å². The number of rotatable bonds is 1. The van der Waals surface area contributed by atoms with E-state index in [0.29, 0.717) is 0 Å². The fraction of sp³-hybridized carbons (Fsp3) is 0.556. The average molecular weight is 195 g/mol. The van der Waals surface area contributed by atoms with Gasteiger partial charge in [-0.2, -0.15) is 0 Å². The van der Waals surface area contributed by atoms with Crippen LogP contribution in [-0.2, 0) is 0 Å². The first kappa shape index (κ1) is 8.84. The van der Waals surface area contributed by atoms with Crippen LogP contribution in [0.25, 0.3) is 5.57 Å². The molecule has 13 heavy (non-hydrogen) atoms. The SMILES string of the molecule is Cc1nnc(C2=CCCN(C)C2)s1. The molecule has 1 aliphatic rings. The Balaban J connectivity index is 2.21. The topological polar surface area (TPSA) is 29.0 Å². The van der Waals surface area contributed by atoms with Crippen LogP contribution in [0.4, 0.5) is 0 Å². The third-order valence-electron chi connectivity index (χ3n) is 2.14. The number of hydrogen-bond donors (Lipinski definition) is 0. The third kappa shape index (κ3) is 1.95. The van der Waals surface area contributed by atoms with Gasteiger partial charge in [0.05, 0.1) is 0 Å². The summed E-state index contributed by atoms with van der Waals surface area (Å²) < 4.78 is 0. The van der Waals surface area contributed by atoms with Gasteiger partial charge in [-0.3, -0.25) is 0 Å². The summed E-state index contributed by atoms with van der Waals surface area (Å²) in [6.07, 6.45) is 3.41. The summed E-state index contributed by atoms with van der Waals surface area (Å²) in [6, 6.07) is 0. The molecule has 0 unspecified atom stereocenters. The second-order valence-corrected chi connectivity index (χ2v) is 4.56. The number of hydrogen-bond acceptors (Lipinski definition) is 4. The molecule has 0 spiro atoms. The Labute approximate surface area is 82.1 Å². The lowest BCUT2D eigenvalue weighted by atomic mass is 10.1. The molecule has 3 nitrogen and oxygen atoms in total. The zero-order chi connectivity index (χ0) is 9.26. The van der Waals surface area contributed by atoms with E-state index >= 15 is 0 Å². The Morgan fingerprint density at radius 2 is 2.31 bits per heavy atom. The van der Waals surface area contributed by atoms with Gasteiger partial charge in [-0.15, -0.1) is 10.2 Å². The van der Waals surface area contributed by atoms with Crippen LogP contribution in [-0.4, -0.2) is 35.2 Å². The number of aromatic nitrogens is 2. The van der Waals surface area contributed by atoms with Crippen molar-refractivity contribution in [1.82, 2.24) is 15.1 Å². The van der Waals surface area contributed by atoms with Crippen molar-refractivity contribution in [2.24, 2.45) is 0 Å². The quantitative estimate of drug-likeness (QED) is 0.681. The number of aryl methyl sites for hydroxylation is 1. The number of nitrogens with zero attached hydrogens (tertiary/aromatic N) is 3. The highest BCUT2D eigenvalue weighted by atomic mass is 32.1. The zero-order valence-electron chi connectivity index (χ0n) is 7.95. The lowest BCUT2D eigenvalue weighted by Crippen LogP contribution is -2.24. The van der Waals surface area contributed by atoms with Gasteiger partial charge in [0, 0.05) is 18.7 Å². The first-order valence-corrected chi connectivity index (χ1v) is 5.25. The molecule has 0 atom stereocenters. The minimum absolute atomic E-state index is 1.01. The van der Waals surface area contributed by atoms with Gasteiger partial charge >= 0.3 is 0 Å². The minimum atomic E-state index is 1.01. The summed E-state index contributed by atoms with van der Waals surface area (Å²) in [7, 11) is 2.14. The van der Waals surface area contributed by atoms with Crippen LogP contribution in [0, 0.1) is 6.92 Å². The van der Waals surface area contributed by atoms with Gasteiger partial charge in [-0.1, -0.05) is 17.4 Å². The predicted molar refractivity (Wildman–Crippen MR) is 54.7 cm³/mol. The van der Waals surface area contributed by atoms with Gasteiger partial charge < -0.3 is 4.90 Å². The van der Waals surface area contributed by atoms with Crippen molar-refractivity contribution in [3.63, 3.8) is 0 Å². The molecule has 0 amide bonds. The first-order valence-electron chi connectivity index (χ1n) is 4.44. The third-order valence-corrected chi connectivity index (χ3v) is 3.06. The Morgan fingerprint density at radius 1 is 1.46 bits per heavy atom. The van der Waals surface area contributed by atoms with E-state index in [1.165, 1.54) is 5.57 Å². The fourth-order valence-corrected chi connectivity index (χ4v) is 2.20. The van der Waals surface area contributed by atoms with Crippen molar-refractivity contribution in [3.8, 4) is 0 Å². The van der Waals surface area contributed by atoms with Crippen LogP contribution in [0.15, 0.2) is 6.08 Å². The standard InChI is InChI=1S/C9H13N3S/c1-7-10-11-9(13-7)8-4-3-5-12(2)6-8/h4H,3,5-6H2,1-2H3. The first-order chi connectivity index (χ1) is 6.25. The van der Waals surface area contributed by atoms with E-state index in [9.17, 15) is 0 Å². The van der Waals surface area contributed by atoms with E-state index in [4.69, 9.17) is 0 Å². The summed E-state index contributed by atoms with van der Waals surface area (Å²) in [4.78, 5) is 2.31. The van der Waals surface area contributed by atoms with Gasteiger partial charge in [0.1, 0.15) is 10.0 Å². The van der Waals surface area contributed by atoms with Crippen molar-refractivity contribution in [2.45, 2.75) is 13.3 Å². The van der Waals surface area contributed by atoms with Crippen molar-refractivity contribution in [1.29, 1.82) is 0 Å². The summed E-state index contributed by atoms with van der Waals surface area (Å²) in [5.41, 5.74) is 1.33. The second kappa shape index (κ2) is 3.55. The minimum Gasteiger partial charge on any atom is -0.302 e. The average Bonchev–Trinajstić information content (AvgIpc) is 2.52. The molecule has 70 valence electrons. The highest BCUT2D eigenvalue weighted by molar-refractivity contribution is 7.12. The predicted octanol–water partition coefficient (Wildman–Crippen LogP) is 1.57. The molecule has 0 saturated carbocycles. The van der Waals surface area contributed by atoms with E-state index in [1.54, 1.807) is 11.3 Å². The van der Waals surface area contributed by atoms with Crippen LogP contribution in [0.3, 0.4) is 0 Å². The molecule has 0 N–H and O–H groups in total. The molecule has 0 aliphatic carbocycles. The van der Waals surface area contributed by atoms with Crippen molar-refractivity contribution < 1.29 is 0 Å². The molecule has 0 fully saturated rings. The Hall–Kier alpha value is -0.740. The number of likely N-dealkylation sites (N-methyl/N-ethyl adjacent to an activating group) is 1. The molecule has 0 aromatic carbocycles.